The molecule has 0 saturated carbocycles. The Balaban J connectivity index is 1.80. The van der Waals surface area contributed by atoms with Crippen LogP contribution < -0.4 is 9.47 Å². The van der Waals surface area contributed by atoms with Gasteiger partial charge >= 0.3 is 11.9 Å². The molecule has 6 heteroatoms. The van der Waals surface area contributed by atoms with Gasteiger partial charge in [-0.25, -0.2) is 9.59 Å². The van der Waals surface area contributed by atoms with Crippen LogP contribution in [0, 0.1) is 0 Å². The van der Waals surface area contributed by atoms with Crippen LogP contribution in [0.4, 0.5) is 0 Å². The zero-order valence-electron chi connectivity index (χ0n) is 21.2. The summed E-state index contributed by atoms with van der Waals surface area (Å²) in [5.41, 5.74) is 0.688. The summed E-state index contributed by atoms with van der Waals surface area (Å²) in [7, 11) is 0. The van der Waals surface area contributed by atoms with E-state index in [9.17, 15) is 14.4 Å². The van der Waals surface area contributed by atoms with Crippen LogP contribution in [0.2, 0.25) is 0 Å². The van der Waals surface area contributed by atoms with Gasteiger partial charge in [0.2, 0.25) is 0 Å². The quantitative estimate of drug-likeness (QED) is 0.146. The van der Waals surface area contributed by atoms with E-state index in [4.69, 9.17) is 14.2 Å². The first-order valence-electron chi connectivity index (χ1n) is 12.7. The van der Waals surface area contributed by atoms with E-state index in [1.165, 1.54) is 43.5 Å². The Labute approximate surface area is 209 Å². The molecular formula is C29H38O6. The van der Waals surface area contributed by atoms with E-state index in [1.54, 1.807) is 31.2 Å². The Morgan fingerprint density at radius 1 is 0.686 bits per heavy atom. The van der Waals surface area contributed by atoms with Gasteiger partial charge in [-0.1, -0.05) is 52.4 Å². The lowest BCUT2D eigenvalue weighted by Gasteiger charge is -2.12. The van der Waals surface area contributed by atoms with Gasteiger partial charge in [-0.15, -0.1) is 0 Å². The average Bonchev–Trinajstić information content (AvgIpc) is 2.87. The predicted octanol–water partition coefficient (Wildman–Crippen LogP) is 6.95. The van der Waals surface area contributed by atoms with Gasteiger partial charge in [0, 0.05) is 6.42 Å². The molecule has 0 saturated heterocycles. The van der Waals surface area contributed by atoms with E-state index >= 15 is 0 Å². The fourth-order valence-electron chi connectivity index (χ4n) is 3.45. The van der Waals surface area contributed by atoms with E-state index in [-0.39, 0.29) is 11.3 Å². The maximum atomic E-state index is 12.4. The number of ether oxygens (including phenoxy) is 3. The third-order valence-electron chi connectivity index (χ3n) is 5.67. The van der Waals surface area contributed by atoms with Crippen molar-refractivity contribution in [1.82, 2.24) is 0 Å². The molecule has 1 unspecified atom stereocenters. The van der Waals surface area contributed by atoms with Crippen LogP contribution in [-0.2, 0) is 9.53 Å². The van der Waals surface area contributed by atoms with Gasteiger partial charge in [0.25, 0.3) is 0 Å². The number of hydrogen-bond acceptors (Lipinski definition) is 6. The van der Waals surface area contributed by atoms with Crippen molar-refractivity contribution < 1.29 is 28.6 Å². The predicted molar refractivity (Wildman–Crippen MR) is 136 cm³/mol. The Morgan fingerprint density at radius 2 is 1.23 bits per heavy atom. The number of ketones is 1. The maximum Gasteiger partial charge on any atom is 0.343 e. The van der Waals surface area contributed by atoms with Gasteiger partial charge < -0.3 is 14.2 Å². The molecule has 35 heavy (non-hydrogen) atoms. The van der Waals surface area contributed by atoms with Crippen molar-refractivity contribution in [2.24, 2.45) is 0 Å². The van der Waals surface area contributed by atoms with Crippen LogP contribution in [0.25, 0.3) is 0 Å². The zero-order chi connectivity index (χ0) is 25.5. The molecule has 0 radical (unpaired) electrons. The largest absolute Gasteiger partial charge is 0.494 e. The smallest absolute Gasteiger partial charge is 0.343 e. The highest BCUT2D eigenvalue weighted by Crippen LogP contribution is 2.18. The van der Waals surface area contributed by atoms with E-state index in [2.05, 4.69) is 13.8 Å². The minimum Gasteiger partial charge on any atom is -0.494 e. The molecule has 0 aliphatic rings. The SMILES string of the molecule is CCCCCCCOc1ccc(C(=O)Oc2ccc(C(=O)OC(C)C(=O)CCCCC)cc2)cc1. The van der Waals surface area contributed by atoms with E-state index in [1.807, 2.05) is 0 Å². The summed E-state index contributed by atoms with van der Waals surface area (Å²) in [5.74, 6) is -0.140. The first kappa shape index (κ1) is 28.1. The van der Waals surface area contributed by atoms with Crippen LogP contribution in [-0.4, -0.2) is 30.4 Å². The fraction of sp³-hybridized carbons (Fsp3) is 0.483. The van der Waals surface area contributed by atoms with Crippen molar-refractivity contribution in [1.29, 1.82) is 0 Å². The second kappa shape index (κ2) is 15.7. The van der Waals surface area contributed by atoms with Crippen LogP contribution in [0.1, 0.15) is 99.3 Å². The molecule has 0 aliphatic heterocycles. The first-order chi connectivity index (χ1) is 16.9. The van der Waals surface area contributed by atoms with E-state index in [0.29, 0.717) is 24.3 Å². The van der Waals surface area contributed by atoms with Crippen molar-refractivity contribution in [2.75, 3.05) is 6.61 Å². The molecule has 0 aromatic heterocycles. The number of unbranched alkanes of at least 4 members (excludes halogenated alkanes) is 6. The molecule has 0 heterocycles. The Bertz CT molecular complexity index is 917. The molecular weight excluding hydrogens is 444 g/mol. The summed E-state index contributed by atoms with van der Waals surface area (Å²) in [6.07, 6.45) is 8.29. The topological polar surface area (TPSA) is 78.9 Å². The lowest BCUT2D eigenvalue weighted by atomic mass is 10.1. The minimum absolute atomic E-state index is 0.0826. The zero-order valence-corrected chi connectivity index (χ0v) is 21.2. The lowest BCUT2D eigenvalue weighted by molar-refractivity contribution is -0.127. The van der Waals surface area contributed by atoms with Gasteiger partial charge in [0.1, 0.15) is 11.5 Å². The summed E-state index contributed by atoms with van der Waals surface area (Å²) >= 11 is 0. The molecule has 0 aliphatic carbocycles. The molecule has 0 fully saturated rings. The highest BCUT2D eigenvalue weighted by Gasteiger charge is 2.18. The average molecular weight is 483 g/mol. The Kier molecular flexibility index (Phi) is 12.6. The highest BCUT2D eigenvalue weighted by molar-refractivity contribution is 5.93. The number of rotatable bonds is 16. The van der Waals surface area contributed by atoms with Crippen LogP contribution in [0.5, 0.6) is 11.5 Å². The standard InChI is InChI=1S/C29H38O6/c1-4-6-8-9-11-21-33-25-17-13-24(14-18-25)29(32)35-26-19-15-23(16-20-26)28(31)34-22(3)27(30)12-10-7-5-2/h13-20,22H,4-12,21H2,1-3H3. The van der Waals surface area contributed by atoms with Crippen molar-refractivity contribution in [3.05, 3.63) is 59.7 Å². The number of Topliss-reactive ketones (excluding diaryl/α,β-unsaturated/α-hetero) is 1. The van der Waals surface area contributed by atoms with Gasteiger partial charge in [-0.2, -0.15) is 0 Å². The molecule has 6 nitrogen and oxygen atoms in total. The van der Waals surface area contributed by atoms with Crippen LogP contribution >= 0.6 is 0 Å². The molecule has 1 atom stereocenters. The Hall–Kier alpha value is -3.15. The Morgan fingerprint density at radius 3 is 1.86 bits per heavy atom. The fourth-order valence-corrected chi connectivity index (χ4v) is 3.45. The van der Waals surface area contributed by atoms with Crippen molar-refractivity contribution in [3.8, 4) is 11.5 Å². The van der Waals surface area contributed by atoms with Gasteiger partial charge in [-0.3, -0.25) is 4.79 Å². The molecule has 0 spiro atoms. The molecule has 0 N–H and O–H groups in total. The van der Waals surface area contributed by atoms with Crippen LogP contribution in [0.15, 0.2) is 48.5 Å². The molecule has 2 aromatic carbocycles. The van der Waals surface area contributed by atoms with Gasteiger partial charge in [0.05, 0.1) is 17.7 Å². The summed E-state index contributed by atoms with van der Waals surface area (Å²) in [4.78, 5) is 36.8. The summed E-state index contributed by atoms with van der Waals surface area (Å²) in [6, 6.07) is 12.9. The molecule has 0 amide bonds. The van der Waals surface area contributed by atoms with E-state index < -0.39 is 18.0 Å². The molecule has 190 valence electrons. The monoisotopic (exact) mass is 482 g/mol. The maximum absolute atomic E-state index is 12.4. The molecule has 2 rings (SSSR count). The van der Waals surface area contributed by atoms with Gasteiger partial charge in [0.15, 0.2) is 11.9 Å². The van der Waals surface area contributed by atoms with Crippen molar-refractivity contribution >= 4 is 17.7 Å². The lowest BCUT2D eigenvalue weighted by Crippen LogP contribution is -2.24. The van der Waals surface area contributed by atoms with Crippen molar-refractivity contribution in [3.63, 3.8) is 0 Å². The summed E-state index contributed by atoms with van der Waals surface area (Å²) in [6.45, 7) is 6.51. The third kappa shape index (κ3) is 10.3. The normalized spacial score (nSPS) is 11.5. The number of esters is 2. The van der Waals surface area contributed by atoms with Crippen LogP contribution in [0.3, 0.4) is 0 Å². The number of carbonyl (C=O) groups excluding carboxylic acids is 3. The van der Waals surface area contributed by atoms with Crippen molar-refractivity contribution in [2.45, 2.75) is 84.7 Å². The minimum atomic E-state index is -0.787. The number of carbonyl (C=O) groups is 3. The first-order valence-corrected chi connectivity index (χ1v) is 12.7. The second-order valence-corrected chi connectivity index (χ2v) is 8.67. The summed E-state index contributed by atoms with van der Waals surface area (Å²) < 4.78 is 16.4. The van der Waals surface area contributed by atoms with Gasteiger partial charge in [-0.05, 0) is 68.3 Å². The molecule has 2 aromatic rings. The number of benzene rings is 2. The highest BCUT2D eigenvalue weighted by atomic mass is 16.5. The number of hydrogen-bond donors (Lipinski definition) is 0. The second-order valence-electron chi connectivity index (χ2n) is 8.67. The van der Waals surface area contributed by atoms with E-state index in [0.717, 1.165) is 37.9 Å². The molecule has 0 bridgehead atoms. The summed E-state index contributed by atoms with van der Waals surface area (Å²) in [5, 5.41) is 0. The third-order valence-corrected chi connectivity index (χ3v) is 5.67.